The van der Waals surface area contributed by atoms with E-state index in [0.29, 0.717) is 6.04 Å². The maximum Gasteiger partial charge on any atom is 0.0276 e. The fraction of sp³-hybridized carbons (Fsp3) is 0.500. The third kappa shape index (κ3) is 2.36. The van der Waals surface area contributed by atoms with Crippen LogP contribution in [-0.2, 0) is 0 Å². The highest BCUT2D eigenvalue weighted by molar-refractivity contribution is 4.95. The van der Waals surface area contributed by atoms with Crippen molar-refractivity contribution in [2.75, 3.05) is 0 Å². The van der Waals surface area contributed by atoms with Crippen LogP contribution in [0.5, 0.6) is 0 Å². The lowest BCUT2D eigenvalue weighted by Gasteiger charge is -2.23. The Kier molecular flexibility index (Phi) is 3.07. The molecule has 0 aromatic rings. The van der Waals surface area contributed by atoms with Gasteiger partial charge < -0.3 is 4.90 Å². The Balaban J connectivity index is 3.98. The van der Waals surface area contributed by atoms with Gasteiger partial charge in [0.1, 0.15) is 0 Å². The Hall–Kier alpha value is -0.720. The standard InChI is InChI=1S/C8H15N/c1-6-9(7(2)3)8(4)5/h6,8H,1-2H2,3-5H3. The van der Waals surface area contributed by atoms with Crippen LogP contribution >= 0.6 is 0 Å². The van der Waals surface area contributed by atoms with E-state index in [1.807, 2.05) is 11.8 Å². The highest BCUT2D eigenvalue weighted by atomic mass is 15.1. The molecule has 0 N–H and O–H groups in total. The molecule has 0 heterocycles. The lowest BCUT2D eigenvalue weighted by molar-refractivity contribution is 0.388. The van der Waals surface area contributed by atoms with Gasteiger partial charge in [-0.2, -0.15) is 0 Å². The Morgan fingerprint density at radius 3 is 2.00 bits per heavy atom. The minimum Gasteiger partial charge on any atom is -0.350 e. The predicted molar refractivity (Wildman–Crippen MR) is 42.0 cm³/mol. The molecule has 0 saturated heterocycles. The second-order valence-electron chi connectivity index (χ2n) is 2.42. The van der Waals surface area contributed by atoms with Crippen LogP contribution in [0.2, 0.25) is 0 Å². The van der Waals surface area contributed by atoms with Gasteiger partial charge in [0.2, 0.25) is 0 Å². The highest BCUT2D eigenvalue weighted by Crippen LogP contribution is 2.05. The molecule has 0 atom stereocenters. The second-order valence-corrected chi connectivity index (χ2v) is 2.42. The number of hydrogen-bond donors (Lipinski definition) is 0. The van der Waals surface area contributed by atoms with Crippen LogP contribution in [0.25, 0.3) is 0 Å². The molecule has 0 spiro atoms. The molecule has 0 fully saturated rings. The topological polar surface area (TPSA) is 3.24 Å². The molecule has 9 heavy (non-hydrogen) atoms. The van der Waals surface area contributed by atoms with Crippen molar-refractivity contribution >= 4 is 0 Å². The molecule has 0 saturated carbocycles. The monoisotopic (exact) mass is 125 g/mol. The van der Waals surface area contributed by atoms with Gasteiger partial charge >= 0.3 is 0 Å². The van der Waals surface area contributed by atoms with Gasteiger partial charge in [0.15, 0.2) is 0 Å². The van der Waals surface area contributed by atoms with Crippen LogP contribution in [0.1, 0.15) is 20.8 Å². The molecule has 0 aliphatic rings. The Morgan fingerprint density at radius 2 is 2.00 bits per heavy atom. The molecule has 1 heteroatoms. The lowest BCUT2D eigenvalue weighted by atomic mass is 10.3. The van der Waals surface area contributed by atoms with Crippen molar-refractivity contribution in [3.05, 3.63) is 25.1 Å². The number of rotatable bonds is 3. The summed E-state index contributed by atoms with van der Waals surface area (Å²) in [6.45, 7) is 13.7. The zero-order chi connectivity index (χ0) is 7.44. The van der Waals surface area contributed by atoms with Crippen molar-refractivity contribution in [3.63, 3.8) is 0 Å². The van der Waals surface area contributed by atoms with E-state index in [2.05, 4.69) is 27.0 Å². The molecule has 0 aliphatic carbocycles. The first kappa shape index (κ1) is 8.28. The van der Waals surface area contributed by atoms with Crippen LogP contribution in [0.4, 0.5) is 0 Å². The van der Waals surface area contributed by atoms with Crippen molar-refractivity contribution in [1.29, 1.82) is 0 Å². The van der Waals surface area contributed by atoms with E-state index in [4.69, 9.17) is 0 Å². The quantitative estimate of drug-likeness (QED) is 0.559. The fourth-order valence-electron chi connectivity index (χ4n) is 0.807. The lowest BCUT2D eigenvalue weighted by Crippen LogP contribution is -2.22. The van der Waals surface area contributed by atoms with Crippen LogP contribution in [-0.4, -0.2) is 10.9 Å². The normalized spacial score (nSPS) is 9.33. The predicted octanol–water partition coefficient (Wildman–Crippen LogP) is 2.37. The van der Waals surface area contributed by atoms with Gasteiger partial charge in [-0.05, 0) is 27.0 Å². The molecule has 0 bridgehead atoms. The maximum atomic E-state index is 3.80. The summed E-state index contributed by atoms with van der Waals surface area (Å²) in [4.78, 5) is 2.03. The van der Waals surface area contributed by atoms with Gasteiger partial charge in [0, 0.05) is 11.7 Å². The Morgan fingerprint density at radius 1 is 1.56 bits per heavy atom. The summed E-state index contributed by atoms with van der Waals surface area (Å²) in [5, 5.41) is 0. The summed E-state index contributed by atoms with van der Waals surface area (Å²) >= 11 is 0. The minimum atomic E-state index is 0.472. The van der Waals surface area contributed by atoms with E-state index in [1.54, 1.807) is 6.20 Å². The largest absolute Gasteiger partial charge is 0.350 e. The SMILES string of the molecule is C=CN(C(=C)C)C(C)C. The maximum absolute atomic E-state index is 3.80. The molecule has 0 aromatic heterocycles. The molecule has 0 aliphatic heterocycles. The molecule has 0 amide bonds. The van der Waals surface area contributed by atoms with E-state index in [1.165, 1.54) is 0 Å². The summed E-state index contributed by atoms with van der Waals surface area (Å²) in [6.07, 6.45) is 1.80. The van der Waals surface area contributed by atoms with Gasteiger partial charge in [-0.1, -0.05) is 13.2 Å². The van der Waals surface area contributed by atoms with Crippen LogP contribution < -0.4 is 0 Å². The van der Waals surface area contributed by atoms with E-state index in [9.17, 15) is 0 Å². The van der Waals surface area contributed by atoms with Crippen LogP contribution in [0.15, 0.2) is 25.1 Å². The third-order valence-electron chi connectivity index (χ3n) is 1.19. The van der Waals surface area contributed by atoms with E-state index >= 15 is 0 Å². The van der Waals surface area contributed by atoms with Crippen molar-refractivity contribution < 1.29 is 0 Å². The van der Waals surface area contributed by atoms with Crippen LogP contribution in [0, 0.1) is 0 Å². The van der Waals surface area contributed by atoms with Gasteiger partial charge in [0.25, 0.3) is 0 Å². The Labute approximate surface area is 57.7 Å². The smallest absolute Gasteiger partial charge is 0.0276 e. The minimum absolute atomic E-state index is 0.472. The third-order valence-corrected chi connectivity index (χ3v) is 1.19. The fourth-order valence-corrected chi connectivity index (χ4v) is 0.807. The molecule has 0 aromatic carbocycles. The Bertz CT molecular complexity index is 114. The summed E-state index contributed by atoms with van der Waals surface area (Å²) in [5.41, 5.74) is 1.04. The molecule has 52 valence electrons. The van der Waals surface area contributed by atoms with Crippen molar-refractivity contribution in [3.8, 4) is 0 Å². The number of allylic oxidation sites excluding steroid dienone is 1. The molecular weight excluding hydrogens is 110 g/mol. The molecule has 1 nitrogen and oxygen atoms in total. The van der Waals surface area contributed by atoms with Gasteiger partial charge in [-0.25, -0.2) is 0 Å². The van der Waals surface area contributed by atoms with Gasteiger partial charge in [-0.15, -0.1) is 0 Å². The van der Waals surface area contributed by atoms with Crippen LogP contribution in [0.3, 0.4) is 0 Å². The van der Waals surface area contributed by atoms with Gasteiger partial charge in [0.05, 0.1) is 0 Å². The molecule has 0 unspecified atom stereocenters. The average Bonchev–Trinajstić information content (AvgIpc) is 1.64. The highest BCUT2D eigenvalue weighted by Gasteiger charge is 2.01. The van der Waals surface area contributed by atoms with E-state index < -0.39 is 0 Å². The first-order valence-corrected chi connectivity index (χ1v) is 3.16. The van der Waals surface area contributed by atoms with Gasteiger partial charge in [-0.3, -0.25) is 0 Å². The summed E-state index contributed by atoms with van der Waals surface area (Å²) < 4.78 is 0. The first-order valence-electron chi connectivity index (χ1n) is 3.16. The summed E-state index contributed by atoms with van der Waals surface area (Å²) in [5.74, 6) is 0. The second kappa shape index (κ2) is 3.33. The molecule has 0 radical (unpaired) electrons. The van der Waals surface area contributed by atoms with E-state index in [-0.39, 0.29) is 0 Å². The van der Waals surface area contributed by atoms with Crippen molar-refractivity contribution in [2.45, 2.75) is 26.8 Å². The summed E-state index contributed by atoms with van der Waals surface area (Å²) in [6, 6.07) is 0.472. The number of nitrogens with zero attached hydrogens (tertiary/aromatic N) is 1. The zero-order valence-corrected chi connectivity index (χ0v) is 6.52. The van der Waals surface area contributed by atoms with Crippen molar-refractivity contribution in [2.24, 2.45) is 0 Å². The van der Waals surface area contributed by atoms with E-state index in [0.717, 1.165) is 5.70 Å². The molecular formula is C8H15N. The molecule has 0 rings (SSSR count). The number of hydrogen-bond acceptors (Lipinski definition) is 1. The average molecular weight is 125 g/mol. The first-order chi connectivity index (χ1) is 4.09. The zero-order valence-electron chi connectivity index (χ0n) is 6.52. The van der Waals surface area contributed by atoms with Crippen molar-refractivity contribution in [1.82, 2.24) is 4.90 Å². The summed E-state index contributed by atoms with van der Waals surface area (Å²) in [7, 11) is 0.